The van der Waals surface area contributed by atoms with E-state index in [-0.39, 0.29) is 5.84 Å². The average molecular weight is 201 g/mol. The van der Waals surface area contributed by atoms with E-state index in [9.17, 15) is 0 Å². The summed E-state index contributed by atoms with van der Waals surface area (Å²) in [7, 11) is 0. The fourth-order valence-electron chi connectivity index (χ4n) is 1.30. The third-order valence-corrected chi connectivity index (χ3v) is 2.00. The Kier molecular flexibility index (Phi) is 2.45. The van der Waals surface area contributed by atoms with Crippen LogP contribution in [0.3, 0.4) is 0 Å². The average Bonchev–Trinajstić information content (AvgIpc) is 2.71. The summed E-state index contributed by atoms with van der Waals surface area (Å²) in [4.78, 5) is 3.99. The molecule has 76 valence electrons. The van der Waals surface area contributed by atoms with Crippen molar-refractivity contribution in [3.05, 3.63) is 48.0 Å². The van der Waals surface area contributed by atoms with Crippen molar-refractivity contribution in [3.63, 3.8) is 0 Å². The first-order chi connectivity index (χ1) is 7.25. The molecule has 0 amide bonds. The predicted octanol–water partition coefficient (Wildman–Crippen LogP) is 0.610. The Morgan fingerprint density at radius 1 is 1.47 bits per heavy atom. The number of pyridine rings is 1. The molecule has 0 aromatic carbocycles. The summed E-state index contributed by atoms with van der Waals surface area (Å²) in [5, 5.41) is 11.4. The number of hydrogen-bond acceptors (Lipinski definition) is 3. The van der Waals surface area contributed by atoms with Gasteiger partial charge in [-0.15, -0.1) is 0 Å². The van der Waals surface area contributed by atoms with Gasteiger partial charge in [-0.1, -0.05) is 0 Å². The number of amidine groups is 1. The highest BCUT2D eigenvalue weighted by molar-refractivity contribution is 5.93. The van der Waals surface area contributed by atoms with Crippen molar-refractivity contribution in [1.29, 1.82) is 5.41 Å². The predicted molar refractivity (Wildman–Crippen MR) is 56.6 cm³/mol. The van der Waals surface area contributed by atoms with E-state index < -0.39 is 0 Å². The second-order valence-electron chi connectivity index (χ2n) is 3.17. The van der Waals surface area contributed by atoms with E-state index in [0.717, 1.165) is 5.56 Å². The summed E-state index contributed by atoms with van der Waals surface area (Å²) in [5.74, 6) is -0.0164. The van der Waals surface area contributed by atoms with Crippen LogP contribution in [0, 0.1) is 5.41 Å². The Morgan fingerprint density at radius 3 is 3.00 bits per heavy atom. The highest BCUT2D eigenvalue weighted by Gasteiger charge is 2.00. The first-order valence-electron chi connectivity index (χ1n) is 4.52. The van der Waals surface area contributed by atoms with E-state index in [0.29, 0.717) is 12.2 Å². The molecule has 15 heavy (non-hydrogen) atoms. The summed E-state index contributed by atoms with van der Waals surface area (Å²) in [5.41, 5.74) is 6.88. The maximum Gasteiger partial charge on any atom is 0.141 e. The van der Waals surface area contributed by atoms with E-state index in [1.165, 1.54) is 0 Å². The number of nitrogen functional groups attached to an aromatic ring is 1. The number of aromatic nitrogens is 3. The van der Waals surface area contributed by atoms with Gasteiger partial charge in [-0.2, -0.15) is 5.10 Å². The van der Waals surface area contributed by atoms with Gasteiger partial charge in [0.1, 0.15) is 11.5 Å². The molecular weight excluding hydrogens is 190 g/mol. The maximum atomic E-state index is 7.27. The molecule has 0 unspecified atom stereocenters. The van der Waals surface area contributed by atoms with Gasteiger partial charge in [0.05, 0.1) is 6.54 Å². The second-order valence-corrected chi connectivity index (χ2v) is 3.17. The molecule has 0 aliphatic carbocycles. The molecule has 0 fully saturated rings. The van der Waals surface area contributed by atoms with Crippen molar-refractivity contribution in [2.24, 2.45) is 5.73 Å². The Balaban J connectivity index is 2.22. The number of rotatable bonds is 3. The van der Waals surface area contributed by atoms with Crippen LogP contribution in [0.2, 0.25) is 0 Å². The van der Waals surface area contributed by atoms with Crippen LogP contribution in [0.5, 0.6) is 0 Å². The molecule has 3 N–H and O–H groups in total. The van der Waals surface area contributed by atoms with Crippen molar-refractivity contribution < 1.29 is 0 Å². The quantitative estimate of drug-likeness (QED) is 0.564. The van der Waals surface area contributed by atoms with Gasteiger partial charge >= 0.3 is 0 Å². The van der Waals surface area contributed by atoms with E-state index in [1.54, 1.807) is 23.1 Å². The largest absolute Gasteiger partial charge is 0.382 e. The molecular formula is C10H11N5. The minimum atomic E-state index is -0.0164. The molecule has 2 aromatic heterocycles. The zero-order chi connectivity index (χ0) is 10.7. The number of hydrogen-bond donors (Lipinski definition) is 2. The van der Waals surface area contributed by atoms with E-state index >= 15 is 0 Å². The summed E-state index contributed by atoms with van der Waals surface area (Å²) in [6.45, 7) is 0.662. The maximum absolute atomic E-state index is 7.27. The summed E-state index contributed by atoms with van der Waals surface area (Å²) in [6.07, 6.45) is 5.26. The van der Waals surface area contributed by atoms with Gasteiger partial charge in [-0.25, -0.2) is 0 Å². The van der Waals surface area contributed by atoms with E-state index in [4.69, 9.17) is 11.1 Å². The monoisotopic (exact) mass is 201 g/mol. The molecule has 0 saturated carbocycles. The number of nitrogens with one attached hydrogen (secondary N) is 1. The lowest BCUT2D eigenvalue weighted by Gasteiger charge is -2.03. The van der Waals surface area contributed by atoms with Crippen molar-refractivity contribution >= 4 is 5.84 Å². The van der Waals surface area contributed by atoms with Gasteiger partial charge < -0.3 is 5.73 Å². The van der Waals surface area contributed by atoms with Crippen LogP contribution in [0.4, 0.5) is 0 Å². The molecule has 0 bridgehead atoms. The highest BCUT2D eigenvalue weighted by Crippen LogP contribution is 2.03. The molecule has 5 nitrogen and oxygen atoms in total. The van der Waals surface area contributed by atoms with Gasteiger partial charge in [0.15, 0.2) is 0 Å². The lowest BCUT2D eigenvalue weighted by atomic mass is 10.2. The first kappa shape index (κ1) is 9.39. The lowest BCUT2D eigenvalue weighted by Crippen LogP contribution is -2.13. The SMILES string of the molecule is N=C(N)c1cc(Cn2cccn2)ccn1. The summed E-state index contributed by atoms with van der Waals surface area (Å²) < 4.78 is 1.80. The minimum absolute atomic E-state index is 0.0164. The molecule has 2 aromatic rings. The van der Waals surface area contributed by atoms with Crippen molar-refractivity contribution in [3.8, 4) is 0 Å². The van der Waals surface area contributed by atoms with Crippen LogP contribution >= 0.6 is 0 Å². The van der Waals surface area contributed by atoms with Gasteiger partial charge in [0.2, 0.25) is 0 Å². The Labute approximate surface area is 87.1 Å². The van der Waals surface area contributed by atoms with Crippen LogP contribution in [-0.4, -0.2) is 20.6 Å². The first-order valence-corrected chi connectivity index (χ1v) is 4.52. The molecule has 0 aliphatic heterocycles. The smallest absolute Gasteiger partial charge is 0.141 e. The van der Waals surface area contributed by atoms with Crippen LogP contribution in [0.1, 0.15) is 11.3 Å². The fraction of sp³-hybridized carbons (Fsp3) is 0.100. The highest BCUT2D eigenvalue weighted by atomic mass is 15.3. The molecule has 2 rings (SSSR count). The molecule has 0 saturated heterocycles. The normalized spacial score (nSPS) is 10.1. The molecule has 0 atom stereocenters. The number of nitrogens with zero attached hydrogens (tertiary/aromatic N) is 3. The Hall–Kier alpha value is -2.17. The zero-order valence-electron chi connectivity index (χ0n) is 8.09. The van der Waals surface area contributed by atoms with Gasteiger partial charge in [-0.3, -0.25) is 15.1 Å². The van der Waals surface area contributed by atoms with Crippen molar-refractivity contribution in [2.75, 3.05) is 0 Å². The molecule has 0 spiro atoms. The Morgan fingerprint density at radius 2 is 2.33 bits per heavy atom. The van der Waals surface area contributed by atoms with Gasteiger partial charge in [-0.05, 0) is 23.8 Å². The minimum Gasteiger partial charge on any atom is -0.382 e. The molecule has 2 heterocycles. The third kappa shape index (κ3) is 2.19. The van der Waals surface area contributed by atoms with Gasteiger partial charge in [0.25, 0.3) is 0 Å². The standard InChI is InChI=1S/C10H11N5/c11-10(12)9-6-8(2-4-13-9)7-15-5-1-3-14-15/h1-6H,7H2,(H3,11,12). The molecule has 0 aliphatic rings. The van der Waals surface area contributed by atoms with E-state index in [1.807, 2.05) is 18.3 Å². The number of nitrogens with two attached hydrogens (primary N) is 1. The van der Waals surface area contributed by atoms with Crippen LogP contribution in [0.15, 0.2) is 36.8 Å². The van der Waals surface area contributed by atoms with Crippen molar-refractivity contribution in [1.82, 2.24) is 14.8 Å². The summed E-state index contributed by atoms with van der Waals surface area (Å²) >= 11 is 0. The summed E-state index contributed by atoms with van der Waals surface area (Å²) in [6, 6.07) is 5.55. The van der Waals surface area contributed by atoms with Crippen LogP contribution in [0.25, 0.3) is 0 Å². The van der Waals surface area contributed by atoms with Crippen molar-refractivity contribution in [2.45, 2.75) is 6.54 Å². The van der Waals surface area contributed by atoms with Gasteiger partial charge in [0, 0.05) is 18.6 Å². The third-order valence-electron chi connectivity index (χ3n) is 2.00. The molecule has 5 heteroatoms. The van der Waals surface area contributed by atoms with Crippen LogP contribution < -0.4 is 5.73 Å². The second kappa shape index (κ2) is 3.91. The fourth-order valence-corrected chi connectivity index (χ4v) is 1.30. The topological polar surface area (TPSA) is 80.6 Å². The lowest BCUT2D eigenvalue weighted by molar-refractivity contribution is 0.686. The molecule has 0 radical (unpaired) electrons. The van der Waals surface area contributed by atoms with Crippen LogP contribution in [-0.2, 0) is 6.54 Å². The zero-order valence-corrected chi connectivity index (χ0v) is 8.09. The Bertz CT molecular complexity index is 460. The van der Waals surface area contributed by atoms with E-state index in [2.05, 4.69) is 10.1 Å².